The van der Waals surface area contributed by atoms with Crippen LogP contribution < -0.4 is 10.6 Å². The maximum atomic E-state index is 12.2. The van der Waals surface area contributed by atoms with Crippen LogP contribution in [0.4, 0.5) is 0 Å². The molecule has 0 saturated carbocycles. The Morgan fingerprint density at radius 3 is 2.95 bits per heavy atom. The van der Waals surface area contributed by atoms with Gasteiger partial charge in [-0.2, -0.15) is 5.10 Å². The van der Waals surface area contributed by atoms with E-state index in [-0.39, 0.29) is 11.9 Å². The molecule has 0 bridgehead atoms. The van der Waals surface area contributed by atoms with Crippen molar-refractivity contribution in [2.75, 3.05) is 0 Å². The highest BCUT2D eigenvalue weighted by molar-refractivity contribution is 5.82. The summed E-state index contributed by atoms with van der Waals surface area (Å²) in [6.45, 7) is 1.22. The molecule has 2 aromatic rings. The Kier molecular flexibility index (Phi) is 3.52. The van der Waals surface area contributed by atoms with E-state index < -0.39 is 0 Å². The van der Waals surface area contributed by atoms with Crippen molar-refractivity contribution in [2.45, 2.75) is 25.6 Å². The lowest BCUT2D eigenvalue weighted by molar-refractivity contribution is -0.123. The zero-order chi connectivity index (χ0) is 13.9. The van der Waals surface area contributed by atoms with Gasteiger partial charge >= 0.3 is 0 Å². The SMILES string of the molecule is Cn1ccc(CNC(=O)[C@@H]2Cc3ccccc3CN2)n1. The third-order valence-corrected chi connectivity index (χ3v) is 3.61. The summed E-state index contributed by atoms with van der Waals surface area (Å²) >= 11 is 0. The second-order valence-corrected chi connectivity index (χ2v) is 5.10. The summed E-state index contributed by atoms with van der Waals surface area (Å²) in [5.41, 5.74) is 3.41. The lowest BCUT2D eigenvalue weighted by Gasteiger charge is -2.25. The van der Waals surface area contributed by atoms with Gasteiger partial charge in [-0.3, -0.25) is 9.48 Å². The van der Waals surface area contributed by atoms with E-state index in [1.165, 1.54) is 11.1 Å². The van der Waals surface area contributed by atoms with Gasteiger partial charge < -0.3 is 10.6 Å². The van der Waals surface area contributed by atoms with Crippen LogP contribution in [0.1, 0.15) is 16.8 Å². The standard InChI is InChI=1S/C15H18N4O/c1-19-7-6-13(18-19)10-17-15(20)14-8-11-4-2-3-5-12(11)9-16-14/h2-7,14,16H,8-10H2,1H3,(H,17,20)/t14-/m0/s1. The Labute approximate surface area is 118 Å². The first kappa shape index (κ1) is 12.9. The Bertz CT molecular complexity index is 620. The van der Waals surface area contributed by atoms with Gasteiger partial charge in [-0.05, 0) is 23.6 Å². The minimum absolute atomic E-state index is 0.0326. The van der Waals surface area contributed by atoms with Crippen LogP contribution in [0.2, 0.25) is 0 Å². The van der Waals surface area contributed by atoms with E-state index in [2.05, 4.69) is 27.9 Å². The topological polar surface area (TPSA) is 59.0 Å². The maximum absolute atomic E-state index is 12.2. The van der Waals surface area contributed by atoms with Crippen molar-refractivity contribution in [2.24, 2.45) is 7.05 Å². The van der Waals surface area contributed by atoms with Crippen molar-refractivity contribution in [3.05, 3.63) is 53.3 Å². The van der Waals surface area contributed by atoms with Crippen molar-refractivity contribution < 1.29 is 4.79 Å². The Morgan fingerprint density at radius 1 is 1.40 bits per heavy atom. The second-order valence-electron chi connectivity index (χ2n) is 5.10. The molecule has 1 aromatic carbocycles. The molecule has 5 heteroatoms. The normalized spacial score (nSPS) is 17.6. The van der Waals surface area contributed by atoms with E-state index >= 15 is 0 Å². The number of nitrogens with zero attached hydrogens (tertiary/aromatic N) is 2. The number of benzene rings is 1. The minimum Gasteiger partial charge on any atom is -0.349 e. The summed E-state index contributed by atoms with van der Waals surface area (Å²) in [4.78, 5) is 12.2. The van der Waals surface area contributed by atoms with Gasteiger partial charge in [-0.1, -0.05) is 24.3 Å². The minimum atomic E-state index is -0.159. The molecule has 104 valence electrons. The molecule has 5 nitrogen and oxygen atoms in total. The van der Waals surface area contributed by atoms with Crippen molar-refractivity contribution in [1.82, 2.24) is 20.4 Å². The van der Waals surface area contributed by atoms with Gasteiger partial charge in [0.2, 0.25) is 5.91 Å². The molecule has 20 heavy (non-hydrogen) atoms. The third kappa shape index (κ3) is 2.72. The van der Waals surface area contributed by atoms with E-state index in [0.29, 0.717) is 6.54 Å². The summed E-state index contributed by atoms with van der Waals surface area (Å²) in [6.07, 6.45) is 2.61. The van der Waals surface area contributed by atoms with Crippen LogP contribution in [-0.2, 0) is 31.4 Å². The van der Waals surface area contributed by atoms with Crippen LogP contribution in [0, 0.1) is 0 Å². The van der Waals surface area contributed by atoms with Gasteiger partial charge in [-0.25, -0.2) is 0 Å². The number of hydrogen-bond donors (Lipinski definition) is 2. The smallest absolute Gasteiger partial charge is 0.237 e. The van der Waals surface area contributed by atoms with Crippen LogP contribution >= 0.6 is 0 Å². The molecule has 0 radical (unpaired) electrons. The maximum Gasteiger partial charge on any atom is 0.237 e. The van der Waals surface area contributed by atoms with Gasteiger partial charge in [0.15, 0.2) is 0 Å². The molecule has 0 fully saturated rings. The largest absolute Gasteiger partial charge is 0.349 e. The number of aryl methyl sites for hydroxylation is 1. The lowest BCUT2D eigenvalue weighted by Crippen LogP contribution is -2.47. The highest BCUT2D eigenvalue weighted by Crippen LogP contribution is 2.16. The zero-order valence-corrected chi connectivity index (χ0v) is 11.5. The fourth-order valence-corrected chi connectivity index (χ4v) is 2.50. The average molecular weight is 270 g/mol. The van der Waals surface area contributed by atoms with Crippen LogP contribution in [0.15, 0.2) is 36.5 Å². The Hall–Kier alpha value is -2.14. The molecule has 1 amide bonds. The predicted octanol–water partition coefficient (Wildman–Crippen LogP) is 0.751. The number of rotatable bonds is 3. The first-order valence-electron chi connectivity index (χ1n) is 6.79. The lowest BCUT2D eigenvalue weighted by atomic mass is 9.95. The average Bonchev–Trinajstić information content (AvgIpc) is 2.90. The summed E-state index contributed by atoms with van der Waals surface area (Å²) in [6, 6.07) is 9.99. The van der Waals surface area contributed by atoms with E-state index in [1.807, 2.05) is 31.4 Å². The van der Waals surface area contributed by atoms with Crippen molar-refractivity contribution >= 4 is 5.91 Å². The molecule has 1 aliphatic heterocycles. The molecule has 0 spiro atoms. The van der Waals surface area contributed by atoms with Gasteiger partial charge in [0, 0.05) is 19.8 Å². The Morgan fingerprint density at radius 2 is 2.20 bits per heavy atom. The highest BCUT2D eigenvalue weighted by Gasteiger charge is 2.23. The van der Waals surface area contributed by atoms with Gasteiger partial charge in [-0.15, -0.1) is 0 Å². The molecule has 3 rings (SSSR count). The quantitative estimate of drug-likeness (QED) is 0.865. The third-order valence-electron chi connectivity index (χ3n) is 3.61. The highest BCUT2D eigenvalue weighted by atomic mass is 16.2. The summed E-state index contributed by atoms with van der Waals surface area (Å²) in [5.74, 6) is 0.0326. The van der Waals surface area contributed by atoms with Crippen molar-refractivity contribution in [1.29, 1.82) is 0 Å². The van der Waals surface area contributed by atoms with E-state index in [4.69, 9.17) is 0 Å². The molecular formula is C15H18N4O. The first-order valence-corrected chi connectivity index (χ1v) is 6.79. The van der Waals surface area contributed by atoms with Crippen LogP contribution in [0.25, 0.3) is 0 Å². The van der Waals surface area contributed by atoms with E-state index in [0.717, 1.165) is 18.7 Å². The molecule has 2 N–H and O–H groups in total. The summed E-state index contributed by atoms with van der Waals surface area (Å²) in [5, 5.41) is 10.5. The van der Waals surface area contributed by atoms with Crippen molar-refractivity contribution in [3.63, 3.8) is 0 Å². The monoisotopic (exact) mass is 270 g/mol. The van der Waals surface area contributed by atoms with Crippen LogP contribution in [0.3, 0.4) is 0 Å². The summed E-state index contributed by atoms with van der Waals surface area (Å²) in [7, 11) is 1.87. The number of fused-ring (bicyclic) bond motifs is 1. The Balaban J connectivity index is 1.59. The molecule has 0 unspecified atom stereocenters. The summed E-state index contributed by atoms with van der Waals surface area (Å²) < 4.78 is 1.73. The second kappa shape index (κ2) is 5.46. The van der Waals surface area contributed by atoms with E-state index in [9.17, 15) is 4.79 Å². The zero-order valence-electron chi connectivity index (χ0n) is 11.5. The van der Waals surface area contributed by atoms with Crippen molar-refractivity contribution in [3.8, 4) is 0 Å². The number of carbonyl (C=O) groups is 1. The van der Waals surface area contributed by atoms with E-state index in [1.54, 1.807) is 4.68 Å². The van der Waals surface area contributed by atoms with Gasteiger partial charge in [0.25, 0.3) is 0 Å². The fourth-order valence-electron chi connectivity index (χ4n) is 2.50. The number of nitrogens with one attached hydrogen (secondary N) is 2. The van der Waals surface area contributed by atoms with Gasteiger partial charge in [0.1, 0.15) is 0 Å². The molecular weight excluding hydrogens is 252 g/mol. The van der Waals surface area contributed by atoms with Crippen LogP contribution in [0.5, 0.6) is 0 Å². The fraction of sp³-hybridized carbons (Fsp3) is 0.333. The molecule has 0 saturated heterocycles. The predicted molar refractivity (Wildman–Crippen MR) is 75.8 cm³/mol. The molecule has 2 heterocycles. The number of carbonyl (C=O) groups excluding carboxylic acids is 1. The number of aromatic nitrogens is 2. The number of amides is 1. The first-order chi connectivity index (χ1) is 9.72. The molecule has 1 atom stereocenters. The molecule has 0 aliphatic carbocycles. The van der Waals surface area contributed by atoms with Gasteiger partial charge in [0.05, 0.1) is 18.3 Å². The molecule has 1 aliphatic rings. The number of hydrogen-bond acceptors (Lipinski definition) is 3. The molecule has 1 aromatic heterocycles. The van der Waals surface area contributed by atoms with Crippen LogP contribution in [-0.4, -0.2) is 21.7 Å².